The minimum absolute atomic E-state index is 0.117. The van der Waals surface area contributed by atoms with Crippen molar-refractivity contribution in [2.24, 2.45) is 0 Å². The zero-order chi connectivity index (χ0) is 24.7. The van der Waals surface area contributed by atoms with Gasteiger partial charge >= 0.3 is 0 Å². The monoisotopic (exact) mass is 519 g/mol. The maximum Gasteiger partial charge on any atom is 0.262 e. The lowest BCUT2D eigenvalue weighted by Gasteiger charge is -2.23. The molecule has 0 unspecified atom stereocenters. The zero-order valence-electron chi connectivity index (χ0n) is 19.2. The lowest BCUT2D eigenvalue weighted by molar-refractivity contribution is -0.119. The van der Waals surface area contributed by atoms with Crippen LogP contribution in [0.2, 0.25) is 5.02 Å². The molecule has 5 nitrogen and oxygen atoms in total. The molecule has 0 aliphatic carbocycles. The predicted octanol–water partition coefficient (Wildman–Crippen LogP) is 6.73. The molecule has 0 atom stereocenters. The SMILES string of the molecule is CCN(C(=O)Cn1c(=O)c2ccccc2n2c(=S)sc(-c3cccc(Cl)c3)c12)c1cccc(C)c1. The third-order valence-electron chi connectivity index (χ3n) is 5.97. The molecule has 35 heavy (non-hydrogen) atoms. The summed E-state index contributed by atoms with van der Waals surface area (Å²) < 4.78 is 4.04. The molecule has 2 aromatic heterocycles. The summed E-state index contributed by atoms with van der Waals surface area (Å²) in [5.41, 5.74) is 3.80. The summed E-state index contributed by atoms with van der Waals surface area (Å²) in [6.45, 7) is 4.28. The summed E-state index contributed by atoms with van der Waals surface area (Å²) in [6, 6.07) is 22.6. The number of carbonyl (C=O) groups excluding carboxylic acids is 1. The second-order valence-corrected chi connectivity index (χ2v) is 10.3. The number of aryl methyl sites for hydroxylation is 1. The number of halogens is 1. The molecule has 1 amide bonds. The number of hydrogen-bond donors (Lipinski definition) is 0. The van der Waals surface area contributed by atoms with Gasteiger partial charge in [0.2, 0.25) is 5.91 Å². The van der Waals surface area contributed by atoms with Crippen molar-refractivity contribution in [2.75, 3.05) is 11.4 Å². The first kappa shape index (κ1) is 23.5. The first-order chi connectivity index (χ1) is 16.9. The third-order valence-corrected chi connectivity index (χ3v) is 7.62. The highest BCUT2D eigenvalue weighted by atomic mass is 35.5. The summed E-state index contributed by atoms with van der Waals surface area (Å²) >= 11 is 13.4. The number of hydrogen-bond acceptors (Lipinski definition) is 4. The van der Waals surface area contributed by atoms with Crippen molar-refractivity contribution in [2.45, 2.75) is 20.4 Å². The van der Waals surface area contributed by atoms with Gasteiger partial charge < -0.3 is 4.90 Å². The Morgan fingerprint density at radius 2 is 1.83 bits per heavy atom. The molecule has 5 rings (SSSR count). The van der Waals surface area contributed by atoms with Crippen molar-refractivity contribution in [3.63, 3.8) is 0 Å². The van der Waals surface area contributed by atoms with Crippen molar-refractivity contribution in [1.29, 1.82) is 0 Å². The fourth-order valence-electron chi connectivity index (χ4n) is 4.40. The van der Waals surface area contributed by atoms with Gasteiger partial charge in [-0.1, -0.05) is 48.0 Å². The van der Waals surface area contributed by atoms with E-state index in [-0.39, 0.29) is 18.0 Å². The molecule has 0 aliphatic heterocycles. The minimum atomic E-state index is -0.231. The summed E-state index contributed by atoms with van der Waals surface area (Å²) in [6.07, 6.45) is 0. The van der Waals surface area contributed by atoms with Crippen LogP contribution in [0.3, 0.4) is 0 Å². The van der Waals surface area contributed by atoms with Gasteiger partial charge in [0.05, 0.1) is 15.8 Å². The first-order valence-corrected chi connectivity index (χ1v) is 12.8. The smallest absolute Gasteiger partial charge is 0.262 e. The normalized spacial score (nSPS) is 11.3. The minimum Gasteiger partial charge on any atom is -0.311 e. The highest BCUT2D eigenvalue weighted by Gasteiger charge is 2.22. The van der Waals surface area contributed by atoms with E-state index in [9.17, 15) is 9.59 Å². The number of likely N-dealkylation sites (N-methyl/N-ethyl adjacent to an activating group) is 1. The Labute approximate surface area is 216 Å². The summed E-state index contributed by atoms with van der Waals surface area (Å²) in [4.78, 5) is 29.9. The molecular weight excluding hydrogens is 498 g/mol. The number of anilines is 1. The molecule has 5 aromatic rings. The molecule has 0 radical (unpaired) electrons. The number of para-hydroxylation sites is 1. The summed E-state index contributed by atoms with van der Waals surface area (Å²) in [7, 11) is 0. The van der Waals surface area contributed by atoms with Crippen LogP contribution in [0.25, 0.3) is 27.0 Å². The molecule has 176 valence electrons. The molecule has 8 heteroatoms. The average Bonchev–Trinajstić information content (AvgIpc) is 3.19. The van der Waals surface area contributed by atoms with Crippen molar-refractivity contribution in [3.8, 4) is 10.4 Å². The Bertz CT molecular complexity index is 1720. The van der Waals surface area contributed by atoms with Gasteiger partial charge in [0.15, 0.2) is 3.95 Å². The predicted molar refractivity (Wildman–Crippen MR) is 148 cm³/mol. The van der Waals surface area contributed by atoms with Crippen molar-refractivity contribution < 1.29 is 4.79 Å². The highest BCUT2D eigenvalue weighted by Crippen LogP contribution is 2.34. The van der Waals surface area contributed by atoms with E-state index >= 15 is 0 Å². The molecule has 0 saturated heterocycles. The topological polar surface area (TPSA) is 46.7 Å². The largest absolute Gasteiger partial charge is 0.311 e. The summed E-state index contributed by atoms with van der Waals surface area (Å²) in [5, 5.41) is 1.10. The van der Waals surface area contributed by atoms with Gasteiger partial charge in [-0.15, -0.1) is 11.3 Å². The van der Waals surface area contributed by atoms with Crippen LogP contribution in [0.15, 0.2) is 77.6 Å². The van der Waals surface area contributed by atoms with E-state index in [1.807, 2.05) is 78.9 Å². The molecule has 0 spiro atoms. The maximum atomic E-state index is 13.8. The quantitative estimate of drug-likeness (QED) is 0.242. The molecule has 0 fully saturated rings. The van der Waals surface area contributed by atoms with Gasteiger partial charge in [0.1, 0.15) is 12.2 Å². The number of aromatic nitrogens is 2. The molecule has 3 aromatic carbocycles. The average molecular weight is 520 g/mol. The standard InChI is InChI=1S/C27H22ClN3O2S2/c1-3-29(20-11-6-8-17(2)14-20)23(32)16-30-25-24(18-9-7-10-19(28)15-18)35-27(34)31(25)22-13-5-4-12-21(22)26(30)33/h4-15H,3,16H2,1-2H3. The van der Waals surface area contributed by atoms with Crippen LogP contribution in [0, 0.1) is 10.9 Å². The Morgan fingerprint density at radius 1 is 1.06 bits per heavy atom. The fraction of sp³-hybridized carbons (Fsp3) is 0.148. The Balaban J connectivity index is 1.76. The second kappa shape index (κ2) is 9.41. The van der Waals surface area contributed by atoms with Crippen LogP contribution in [-0.2, 0) is 11.3 Å². The van der Waals surface area contributed by atoms with E-state index in [0.29, 0.717) is 26.6 Å². The second-order valence-electron chi connectivity index (χ2n) is 8.25. The number of nitrogens with zero attached hydrogens (tertiary/aromatic N) is 3. The number of carbonyl (C=O) groups is 1. The van der Waals surface area contributed by atoms with Crippen LogP contribution in [-0.4, -0.2) is 21.4 Å². The van der Waals surface area contributed by atoms with Gasteiger partial charge in [-0.2, -0.15) is 0 Å². The number of thiazole rings is 1. The van der Waals surface area contributed by atoms with E-state index in [1.54, 1.807) is 21.6 Å². The van der Waals surface area contributed by atoms with Gasteiger partial charge in [0, 0.05) is 17.3 Å². The lowest BCUT2D eigenvalue weighted by atomic mass is 10.2. The number of fused-ring (bicyclic) bond motifs is 3. The highest BCUT2D eigenvalue weighted by molar-refractivity contribution is 7.73. The summed E-state index contributed by atoms with van der Waals surface area (Å²) in [5.74, 6) is -0.174. The molecule has 0 bridgehead atoms. The van der Waals surface area contributed by atoms with E-state index in [2.05, 4.69) is 0 Å². The van der Waals surface area contributed by atoms with Crippen LogP contribution in [0.4, 0.5) is 5.69 Å². The Morgan fingerprint density at radius 3 is 2.57 bits per heavy atom. The Hall–Kier alpha value is -3.26. The van der Waals surface area contributed by atoms with E-state index < -0.39 is 0 Å². The molecule has 0 aliphatic rings. The number of benzene rings is 3. The van der Waals surface area contributed by atoms with Crippen LogP contribution in [0.5, 0.6) is 0 Å². The van der Waals surface area contributed by atoms with Crippen molar-refractivity contribution >= 4 is 63.3 Å². The molecule has 0 N–H and O–H groups in total. The van der Waals surface area contributed by atoms with Crippen LogP contribution in [0.1, 0.15) is 12.5 Å². The van der Waals surface area contributed by atoms with Crippen LogP contribution >= 0.6 is 35.2 Å². The van der Waals surface area contributed by atoms with Gasteiger partial charge in [-0.3, -0.25) is 18.6 Å². The molecular formula is C27H22ClN3O2S2. The van der Waals surface area contributed by atoms with Crippen LogP contribution < -0.4 is 10.5 Å². The Kier molecular flexibility index (Phi) is 6.32. The van der Waals surface area contributed by atoms with Gasteiger partial charge in [0.25, 0.3) is 5.56 Å². The molecule has 2 heterocycles. The number of rotatable bonds is 5. The van der Waals surface area contributed by atoms with Crippen molar-refractivity contribution in [1.82, 2.24) is 8.97 Å². The third kappa shape index (κ3) is 4.20. The number of amides is 1. The maximum absolute atomic E-state index is 13.8. The van der Waals surface area contributed by atoms with Crippen molar-refractivity contribution in [3.05, 3.63) is 97.7 Å². The van der Waals surface area contributed by atoms with E-state index in [4.69, 9.17) is 23.8 Å². The van der Waals surface area contributed by atoms with E-state index in [1.165, 1.54) is 11.3 Å². The zero-order valence-corrected chi connectivity index (χ0v) is 21.6. The first-order valence-electron chi connectivity index (χ1n) is 11.2. The van der Waals surface area contributed by atoms with Gasteiger partial charge in [-0.05, 0) is 73.6 Å². The lowest BCUT2D eigenvalue weighted by Crippen LogP contribution is -2.37. The van der Waals surface area contributed by atoms with E-state index in [0.717, 1.165) is 27.2 Å². The van der Waals surface area contributed by atoms with Gasteiger partial charge in [-0.25, -0.2) is 0 Å². The molecule has 0 saturated carbocycles. The fourth-order valence-corrected chi connectivity index (χ4v) is 6.01.